The molecule has 0 unspecified atom stereocenters. The lowest BCUT2D eigenvalue weighted by Gasteiger charge is -2.35. The molecule has 0 saturated heterocycles. The predicted octanol–water partition coefficient (Wildman–Crippen LogP) is 8.60. The van der Waals surface area contributed by atoms with Crippen molar-refractivity contribution in [2.75, 3.05) is 10.8 Å². The lowest BCUT2D eigenvalue weighted by atomic mass is 9.94. The first-order valence-corrected chi connectivity index (χ1v) is 18.8. The molecule has 1 N–H and O–H groups in total. The first kappa shape index (κ1) is 38.2. The Morgan fingerprint density at radius 2 is 1.49 bits per heavy atom. The monoisotopic (exact) mass is 759 g/mol. The molecule has 1 aliphatic carbocycles. The summed E-state index contributed by atoms with van der Waals surface area (Å²) in [6.45, 7) is 0.545. The molecule has 0 radical (unpaired) electrons. The summed E-state index contributed by atoms with van der Waals surface area (Å²) in [5.74, 6) is -1.30. The van der Waals surface area contributed by atoms with Gasteiger partial charge in [-0.2, -0.15) is 13.2 Å². The Bertz CT molecular complexity index is 1920. The number of hydrogen-bond donors (Lipinski definition) is 1. The van der Waals surface area contributed by atoms with Gasteiger partial charge in [-0.25, -0.2) is 8.42 Å². The quantitative estimate of drug-likeness (QED) is 0.157. The second-order valence-electron chi connectivity index (χ2n) is 12.6. The third-order valence-electron chi connectivity index (χ3n) is 8.96. The van der Waals surface area contributed by atoms with E-state index in [1.807, 2.05) is 18.2 Å². The number of hydrogen-bond acceptors (Lipinski definition) is 4. The molecular weight excluding hydrogens is 722 g/mol. The number of carbonyl (C=O) groups excluding carboxylic acids is 2. The molecule has 51 heavy (non-hydrogen) atoms. The van der Waals surface area contributed by atoms with E-state index in [1.165, 1.54) is 23.1 Å². The van der Waals surface area contributed by atoms with E-state index in [4.69, 9.17) is 23.2 Å². The summed E-state index contributed by atoms with van der Waals surface area (Å²) < 4.78 is 70.8. The average molecular weight is 761 g/mol. The van der Waals surface area contributed by atoms with Crippen molar-refractivity contribution in [3.8, 4) is 0 Å². The van der Waals surface area contributed by atoms with Gasteiger partial charge in [-0.1, -0.05) is 103 Å². The van der Waals surface area contributed by atoms with Gasteiger partial charge in [0.05, 0.1) is 16.1 Å². The van der Waals surface area contributed by atoms with Crippen LogP contribution in [-0.2, 0) is 38.8 Å². The van der Waals surface area contributed by atoms with Crippen LogP contribution in [0.25, 0.3) is 0 Å². The average Bonchev–Trinajstić information content (AvgIpc) is 3.10. The van der Waals surface area contributed by atoms with Crippen LogP contribution in [0.5, 0.6) is 0 Å². The molecule has 4 aromatic carbocycles. The molecular formula is C38H38Cl2F3N3O4S. The van der Waals surface area contributed by atoms with E-state index in [2.05, 4.69) is 5.32 Å². The number of nitrogens with zero attached hydrogens (tertiary/aromatic N) is 2. The first-order chi connectivity index (χ1) is 24.2. The number of halogens is 5. The third kappa shape index (κ3) is 9.64. The van der Waals surface area contributed by atoms with E-state index >= 15 is 0 Å². The zero-order valence-corrected chi connectivity index (χ0v) is 30.2. The number of alkyl halides is 3. The Kier molecular flexibility index (Phi) is 12.4. The number of amides is 2. The molecule has 2 amide bonds. The van der Waals surface area contributed by atoms with E-state index in [9.17, 15) is 31.2 Å². The van der Waals surface area contributed by atoms with Gasteiger partial charge in [0, 0.05) is 34.6 Å². The Balaban J connectivity index is 1.62. The van der Waals surface area contributed by atoms with Crippen molar-refractivity contribution < 1.29 is 31.2 Å². The predicted molar refractivity (Wildman–Crippen MR) is 193 cm³/mol. The fourth-order valence-corrected chi connectivity index (χ4v) is 8.08. The van der Waals surface area contributed by atoms with Gasteiger partial charge in [-0.15, -0.1) is 0 Å². The standard InChI is InChI=1S/C38H38Cl2F3N3O4S/c1-26-18-20-31(21-19-26)51(49,50)46(30-15-8-12-28(23-30)38(41,42)43)25-36(47)45(24-32-33(39)16-9-17-34(32)40)35(22-27-10-4-2-5-11-27)37(48)44-29-13-6-3-7-14-29/h2,4-5,8-12,15-21,23,29,35H,3,6-7,13-14,22,24-25H2,1H3,(H,44,48)/t35-/m0/s1. The number of aryl methyl sites for hydroxylation is 1. The topological polar surface area (TPSA) is 86.8 Å². The summed E-state index contributed by atoms with van der Waals surface area (Å²) in [7, 11) is -4.61. The molecule has 7 nitrogen and oxygen atoms in total. The Morgan fingerprint density at radius 1 is 0.863 bits per heavy atom. The molecule has 0 bridgehead atoms. The highest BCUT2D eigenvalue weighted by molar-refractivity contribution is 7.92. The van der Waals surface area contributed by atoms with Crippen molar-refractivity contribution in [2.24, 2.45) is 0 Å². The fourth-order valence-electron chi connectivity index (χ4n) is 6.16. The molecule has 1 fully saturated rings. The van der Waals surface area contributed by atoms with E-state index in [0.29, 0.717) is 15.9 Å². The van der Waals surface area contributed by atoms with Crippen LogP contribution < -0.4 is 9.62 Å². The lowest BCUT2D eigenvalue weighted by molar-refractivity contribution is -0.140. The minimum atomic E-state index is -4.79. The molecule has 270 valence electrons. The van der Waals surface area contributed by atoms with E-state index in [0.717, 1.165) is 55.4 Å². The third-order valence-corrected chi connectivity index (χ3v) is 11.5. The zero-order chi connectivity index (χ0) is 36.8. The summed E-state index contributed by atoms with van der Waals surface area (Å²) >= 11 is 13.1. The molecule has 0 aromatic heterocycles. The van der Waals surface area contributed by atoms with Gasteiger partial charge in [0.1, 0.15) is 12.6 Å². The number of rotatable bonds is 12. The van der Waals surface area contributed by atoms with Crippen LogP contribution in [0, 0.1) is 6.92 Å². The number of benzene rings is 4. The van der Waals surface area contributed by atoms with Crippen molar-refractivity contribution in [2.45, 2.75) is 75.1 Å². The molecule has 0 heterocycles. The van der Waals surface area contributed by atoms with E-state index in [1.54, 1.807) is 49.4 Å². The molecule has 5 rings (SSSR count). The van der Waals surface area contributed by atoms with Crippen LogP contribution in [0.2, 0.25) is 10.0 Å². The van der Waals surface area contributed by atoms with Crippen molar-refractivity contribution in [3.63, 3.8) is 0 Å². The Hall–Kier alpha value is -4.06. The molecule has 1 saturated carbocycles. The van der Waals surface area contributed by atoms with Gasteiger partial charge in [-0.3, -0.25) is 13.9 Å². The van der Waals surface area contributed by atoms with Crippen LogP contribution in [0.1, 0.15) is 54.4 Å². The Labute approximate surface area is 306 Å². The van der Waals surface area contributed by atoms with E-state index < -0.39 is 46.2 Å². The number of carbonyl (C=O) groups is 2. The van der Waals surface area contributed by atoms with Crippen LogP contribution >= 0.6 is 23.2 Å². The van der Waals surface area contributed by atoms with Gasteiger partial charge in [0.25, 0.3) is 10.0 Å². The maximum atomic E-state index is 14.7. The van der Waals surface area contributed by atoms with Crippen LogP contribution in [0.15, 0.2) is 102 Å². The molecule has 0 spiro atoms. The lowest BCUT2D eigenvalue weighted by Crippen LogP contribution is -2.55. The van der Waals surface area contributed by atoms with Gasteiger partial charge in [-0.05, 0) is 67.8 Å². The second kappa shape index (κ2) is 16.5. The number of nitrogens with one attached hydrogen (secondary N) is 1. The first-order valence-electron chi connectivity index (χ1n) is 16.6. The van der Waals surface area contributed by atoms with E-state index in [-0.39, 0.29) is 39.6 Å². The molecule has 0 aliphatic heterocycles. The molecule has 1 atom stereocenters. The molecule has 4 aromatic rings. The number of sulfonamides is 1. The minimum Gasteiger partial charge on any atom is -0.352 e. The van der Waals surface area contributed by atoms with Gasteiger partial charge in [0.15, 0.2) is 0 Å². The van der Waals surface area contributed by atoms with Crippen LogP contribution in [-0.4, -0.2) is 43.8 Å². The summed E-state index contributed by atoms with van der Waals surface area (Å²) in [6, 6.07) is 22.1. The zero-order valence-electron chi connectivity index (χ0n) is 27.9. The highest BCUT2D eigenvalue weighted by Gasteiger charge is 2.37. The largest absolute Gasteiger partial charge is 0.416 e. The van der Waals surface area contributed by atoms with Crippen molar-refractivity contribution >= 4 is 50.7 Å². The molecule has 13 heteroatoms. The second-order valence-corrected chi connectivity index (χ2v) is 15.3. The van der Waals surface area contributed by atoms with Gasteiger partial charge >= 0.3 is 6.18 Å². The summed E-state index contributed by atoms with van der Waals surface area (Å²) in [4.78, 5) is 30.0. The maximum absolute atomic E-state index is 14.7. The summed E-state index contributed by atoms with van der Waals surface area (Å²) in [5, 5.41) is 3.54. The highest BCUT2D eigenvalue weighted by atomic mass is 35.5. The molecule has 1 aliphatic rings. The maximum Gasteiger partial charge on any atom is 0.416 e. The van der Waals surface area contributed by atoms with Gasteiger partial charge < -0.3 is 10.2 Å². The fraction of sp³-hybridized carbons (Fsp3) is 0.316. The normalized spacial score (nSPS) is 14.5. The summed E-state index contributed by atoms with van der Waals surface area (Å²) in [5.41, 5.74) is 0.341. The van der Waals surface area contributed by atoms with Crippen LogP contribution in [0.3, 0.4) is 0 Å². The SMILES string of the molecule is Cc1ccc(S(=O)(=O)N(CC(=O)N(Cc2c(Cl)cccc2Cl)[C@@H](Cc2ccccc2)C(=O)NC2CCCCC2)c2cccc(C(F)(F)F)c2)cc1. The van der Waals surface area contributed by atoms with Gasteiger partial charge in [0.2, 0.25) is 11.8 Å². The minimum absolute atomic E-state index is 0.0570. The van der Waals surface area contributed by atoms with Crippen molar-refractivity contribution in [1.82, 2.24) is 10.2 Å². The van der Waals surface area contributed by atoms with Crippen molar-refractivity contribution in [3.05, 3.63) is 129 Å². The van der Waals surface area contributed by atoms with Crippen molar-refractivity contribution in [1.29, 1.82) is 0 Å². The van der Waals surface area contributed by atoms with Crippen LogP contribution in [0.4, 0.5) is 18.9 Å². The number of anilines is 1. The summed E-state index contributed by atoms with van der Waals surface area (Å²) in [6.07, 6.45) is -0.260. The Morgan fingerprint density at radius 3 is 2.12 bits per heavy atom. The smallest absolute Gasteiger partial charge is 0.352 e. The highest BCUT2D eigenvalue weighted by Crippen LogP contribution is 2.34.